The van der Waals surface area contributed by atoms with Crippen LogP contribution in [0.3, 0.4) is 0 Å². The van der Waals surface area contributed by atoms with E-state index in [0.717, 1.165) is 77.0 Å². The van der Waals surface area contributed by atoms with Crippen molar-refractivity contribution in [1.82, 2.24) is 0 Å². The molecule has 0 amide bonds. The Bertz CT molecular complexity index is 1050. The maximum absolute atomic E-state index is 12.8. The fourth-order valence-electron chi connectivity index (χ4n) is 7.71. The van der Waals surface area contributed by atoms with E-state index in [4.69, 9.17) is 14.2 Å². The molecule has 0 aromatic carbocycles. The van der Waals surface area contributed by atoms with Gasteiger partial charge in [0.15, 0.2) is 6.10 Å². The Labute approximate surface area is 385 Å². The van der Waals surface area contributed by atoms with E-state index in [1.54, 1.807) is 0 Å². The number of carbonyl (C=O) groups excluding carboxylic acids is 3. The number of allylic oxidation sites excluding steroid dienone is 6. The third-order valence-corrected chi connectivity index (χ3v) is 11.8. The van der Waals surface area contributed by atoms with Crippen LogP contribution in [0.15, 0.2) is 36.5 Å². The molecular formula is C56H102O6. The van der Waals surface area contributed by atoms with Gasteiger partial charge in [0.25, 0.3) is 0 Å². The number of hydrogen-bond acceptors (Lipinski definition) is 6. The van der Waals surface area contributed by atoms with Gasteiger partial charge in [-0.15, -0.1) is 0 Å². The molecule has 1 unspecified atom stereocenters. The van der Waals surface area contributed by atoms with Crippen LogP contribution in [0.4, 0.5) is 0 Å². The van der Waals surface area contributed by atoms with Gasteiger partial charge in [-0.2, -0.15) is 0 Å². The molecular weight excluding hydrogens is 769 g/mol. The topological polar surface area (TPSA) is 78.9 Å². The molecule has 0 aliphatic carbocycles. The van der Waals surface area contributed by atoms with E-state index >= 15 is 0 Å². The summed E-state index contributed by atoms with van der Waals surface area (Å²) in [5, 5.41) is 0. The first-order valence-electron chi connectivity index (χ1n) is 27.0. The predicted octanol–water partition coefficient (Wildman–Crippen LogP) is 17.7. The van der Waals surface area contributed by atoms with Crippen LogP contribution >= 0.6 is 0 Å². The molecule has 0 saturated heterocycles. The van der Waals surface area contributed by atoms with Crippen molar-refractivity contribution in [3.63, 3.8) is 0 Å². The van der Waals surface area contributed by atoms with E-state index in [-0.39, 0.29) is 31.1 Å². The van der Waals surface area contributed by atoms with Gasteiger partial charge < -0.3 is 14.2 Å². The number of ether oxygens (including phenoxy) is 3. The predicted molar refractivity (Wildman–Crippen MR) is 266 cm³/mol. The van der Waals surface area contributed by atoms with Crippen molar-refractivity contribution in [2.45, 2.75) is 290 Å². The maximum atomic E-state index is 12.8. The van der Waals surface area contributed by atoms with Gasteiger partial charge in [-0.3, -0.25) is 14.4 Å². The fourth-order valence-corrected chi connectivity index (χ4v) is 7.71. The summed E-state index contributed by atoms with van der Waals surface area (Å²) >= 11 is 0. The van der Waals surface area contributed by atoms with Crippen molar-refractivity contribution in [1.29, 1.82) is 0 Å². The highest BCUT2D eigenvalue weighted by Gasteiger charge is 2.19. The zero-order valence-corrected chi connectivity index (χ0v) is 41.4. The Morgan fingerprint density at radius 2 is 0.548 bits per heavy atom. The van der Waals surface area contributed by atoms with Crippen LogP contribution in [0, 0.1) is 0 Å². The molecule has 362 valence electrons. The molecule has 6 nitrogen and oxygen atoms in total. The number of rotatable bonds is 49. The van der Waals surface area contributed by atoms with Gasteiger partial charge in [0, 0.05) is 19.3 Å². The second kappa shape index (κ2) is 51.3. The highest BCUT2D eigenvalue weighted by molar-refractivity contribution is 5.71. The van der Waals surface area contributed by atoms with E-state index < -0.39 is 6.10 Å². The van der Waals surface area contributed by atoms with Crippen LogP contribution in [0.25, 0.3) is 0 Å². The molecule has 0 spiro atoms. The van der Waals surface area contributed by atoms with Gasteiger partial charge in [-0.25, -0.2) is 0 Å². The Balaban J connectivity index is 4.32. The SMILES string of the molecule is CCCC/C=C\CCCCCCC(=O)OCC(COC(=O)CCCCCCCCC/C=C\CCCCCCCC)OC(=O)CCCCCCCCC/C=C\CCCCCCCC. The summed E-state index contributed by atoms with van der Waals surface area (Å²) in [5.74, 6) is -0.890. The van der Waals surface area contributed by atoms with Crippen LogP contribution in [0.5, 0.6) is 0 Å². The molecule has 0 aromatic heterocycles. The summed E-state index contributed by atoms with van der Waals surface area (Å²) in [4.78, 5) is 38.0. The van der Waals surface area contributed by atoms with Crippen LogP contribution in [-0.4, -0.2) is 37.2 Å². The molecule has 0 aliphatic rings. The van der Waals surface area contributed by atoms with Crippen LogP contribution < -0.4 is 0 Å². The largest absolute Gasteiger partial charge is 0.462 e. The average Bonchev–Trinajstić information content (AvgIpc) is 3.27. The first-order valence-corrected chi connectivity index (χ1v) is 27.0. The lowest BCUT2D eigenvalue weighted by atomic mass is 10.1. The Morgan fingerprint density at radius 1 is 0.306 bits per heavy atom. The van der Waals surface area contributed by atoms with E-state index in [1.165, 1.54) is 167 Å². The zero-order chi connectivity index (χ0) is 45.1. The van der Waals surface area contributed by atoms with Crippen molar-refractivity contribution < 1.29 is 28.6 Å². The fraction of sp³-hybridized carbons (Fsp3) is 0.839. The quantitative estimate of drug-likeness (QED) is 0.0262. The third-order valence-electron chi connectivity index (χ3n) is 11.8. The van der Waals surface area contributed by atoms with Crippen molar-refractivity contribution >= 4 is 17.9 Å². The van der Waals surface area contributed by atoms with Gasteiger partial charge in [0.1, 0.15) is 13.2 Å². The summed E-state index contributed by atoms with van der Waals surface area (Å²) in [6.45, 7) is 6.59. The van der Waals surface area contributed by atoms with Crippen molar-refractivity contribution in [2.75, 3.05) is 13.2 Å². The Morgan fingerprint density at radius 3 is 0.855 bits per heavy atom. The monoisotopic (exact) mass is 871 g/mol. The summed E-state index contributed by atoms with van der Waals surface area (Å²) in [7, 11) is 0. The molecule has 0 radical (unpaired) electrons. The summed E-state index contributed by atoms with van der Waals surface area (Å²) in [6, 6.07) is 0. The number of hydrogen-bond donors (Lipinski definition) is 0. The molecule has 0 N–H and O–H groups in total. The second-order valence-electron chi connectivity index (χ2n) is 18.1. The number of esters is 3. The summed E-state index contributed by atoms with van der Waals surface area (Å²) in [5.41, 5.74) is 0. The molecule has 6 heteroatoms. The highest BCUT2D eigenvalue weighted by atomic mass is 16.6. The molecule has 0 aromatic rings. The normalized spacial score (nSPS) is 12.2. The highest BCUT2D eigenvalue weighted by Crippen LogP contribution is 2.15. The van der Waals surface area contributed by atoms with Gasteiger partial charge in [0.05, 0.1) is 0 Å². The third kappa shape index (κ3) is 48.7. The Hall–Kier alpha value is -2.37. The standard InChI is InChI=1S/C56H102O6/c1-4-7-10-13-16-19-22-24-26-28-30-32-34-37-40-43-46-49-55(58)61-52-53(51-60-54(57)48-45-42-39-36-21-18-15-12-9-6-3)62-56(59)50-47-44-41-38-35-33-31-29-27-25-23-20-17-14-11-8-5-2/h15,18,24-27,53H,4-14,16-17,19-23,28-52H2,1-3H3/b18-15-,26-24-,27-25-. The second-order valence-corrected chi connectivity index (χ2v) is 18.1. The van der Waals surface area contributed by atoms with Gasteiger partial charge in [0.2, 0.25) is 0 Å². The number of unbranched alkanes of at least 4 members (excludes halogenated alkanes) is 32. The minimum atomic E-state index is -0.778. The van der Waals surface area contributed by atoms with E-state index in [2.05, 4.69) is 57.2 Å². The lowest BCUT2D eigenvalue weighted by molar-refractivity contribution is -0.167. The van der Waals surface area contributed by atoms with Crippen molar-refractivity contribution in [3.05, 3.63) is 36.5 Å². The maximum Gasteiger partial charge on any atom is 0.306 e. The van der Waals surface area contributed by atoms with E-state index in [1.807, 2.05) is 0 Å². The molecule has 0 saturated carbocycles. The molecule has 0 aliphatic heterocycles. The first-order chi connectivity index (χ1) is 30.5. The molecule has 0 rings (SSSR count). The van der Waals surface area contributed by atoms with Crippen LogP contribution in [0.1, 0.15) is 284 Å². The lowest BCUT2D eigenvalue weighted by Gasteiger charge is -2.18. The molecule has 0 fully saturated rings. The van der Waals surface area contributed by atoms with Crippen molar-refractivity contribution in [3.8, 4) is 0 Å². The van der Waals surface area contributed by atoms with Crippen LogP contribution in [-0.2, 0) is 28.6 Å². The lowest BCUT2D eigenvalue weighted by Crippen LogP contribution is -2.30. The van der Waals surface area contributed by atoms with E-state index in [9.17, 15) is 14.4 Å². The van der Waals surface area contributed by atoms with Gasteiger partial charge in [-0.05, 0) is 89.9 Å². The zero-order valence-electron chi connectivity index (χ0n) is 41.4. The molecule has 1 atom stereocenters. The summed E-state index contributed by atoms with van der Waals surface area (Å²) < 4.78 is 16.8. The first kappa shape index (κ1) is 59.6. The van der Waals surface area contributed by atoms with Gasteiger partial charge in [-0.1, -0.05) is 211 Å². The number of carbonyl (C=O) groups is 3. The van der Waals surface area contributed by atoms with Crippen molar-refractivity contribution in [2.24, 2.45) is 0 Å². The summed E-state index contributed by atoms with van der Waals surface area (Å²) in [6.07, 6.45) is 59.9. The minimum absolute atomic E-state index is 0.0781. The molecule has 0 bridgehead atoms. The molecule has 62 heavy (non-hydrogen) atoms. The average molecular weight is 871 g/mol. The van der Waals surface area contributed by atoms with E-state index in [0.29, 0.717) is 19.3 Å². The van der Waals surface area contributed by atoms with Crippen LogP contribution in [0.2, 0.25) is 0 Å². The van der Waals surface area contributed by atoms with Gasteiger partial charge >= 0.3 is 17.9 Å². The Kier molecular flexibility index (Phi) is 49.3. The molecule has 0 heterocycles. The minimum Gasteiger partial charge on any atom is -0.462 e. The smallest absolute Gasteiger partial charge is 0.306 e.